The summed E-state index contributed by atoms with van der Waals surface area (Å²) in [5, 5.41) is 6.63. The zero-order valence-electron chi connectivity index (χ0n) is 16.4. The Kier molecular flexibility index (Phi) is 11.4. The monoisotopic (exact) mass is 380 g/mol. The average Bonchev–Trinajstić information content (AvgIpc) is 2.64. The van der Waals surface area contributed by atoms with Crippen molar-refractivity contribution >= 4 is 23.6 Å². The van der Waals surface area contributed by atoms with Gasteiger partial charge in [0, 0.05) is 27.2 Å². The highest BCUT2D eigenvalue weighted by molar-refractivity contribution is 7.98. The fourth-order valence-corrected chi connectivity index (χ4v) is 2.59. The largest absolute Gasteiger partial charge is 0.484 e. The second-order valence-electron chi connectivity index (χ2n) is 6.05. The summed E-state index contributed by atoms with van der Waals surface area (Å²) in [6, 6.07) is 7.70. The molecule has 0 aliphatic carbocycles. The van der Waals surface area contributed by atoms with E-state index < -0.39 is 0 Å². The van der Waals surface area contributed by atoms with Crippen molar-refractivity contribution in [3.8, 4) is 5.75 Å². The fourth-order valence-electron chi connectivity index (χ4n) is 2.10. The van der Waals surface area contributed by atoms with Crippen LogP contribution in [0.15, 0.2) is 29.3 Å². The molecule has 0 radical (unpaired) electrons. The molecule has 2 N–H and O–H groups in total. The smallest absolute Gasteiger partial charge is 0.259 e. The Labute approximate surface area is 161 Å². The molecule has 6 nitrogen and oxygen atoms in total. The van der Waals surface area contributed by atoms with Crippen molar-refractivity contribution in [3.05, 3.63) is 29.8 Å². The molecule has 0 saturated carbocycles. The van der Waals surface area contributed by atoms with Crippen molar-refractivity contribution < 1.29 is 9.53 Å². The van der Waals surface area contributed by atoms with Gasteiger partial charge in [-0.3, -0.25) is 4.79 Å². The summed E-state index contributed by atoms with van der Waals surface area (Å²) in [6.45, 7) is 4.40. The number of carbonyl (C=O) groups excluding carboxylic acids is 1. The van der Waals surface area contributed by atoms with Gasteiger partial charge in [-0.1, -0.05) is 12.1 Å². The molecule has 1 aromatic rings. The molecule has 0 aliphatic heterocycles. The van der Waals surface area contributed by atoms with Crippen molar-refractivity contribution in [1.29, 1.82) is 0 Å². The SMILES string of the molecule is CCNC(=NCc1cccc(OCC(=O)N(C)C)c1)NCCCCSC. The van der Waals surface area contributed by atoms with E-state index in [2.05, 4.69) is 28.8 Å². The van der Waals surface area contributed by atoms with E-state index in [-0.39, 0.29) is 12.5 Å². The minimum atomic E-state index is -0.0615. The molecule has 1 rings (SSSR count). The highest BCUT2D eigenvalue weighted by Gasteiger charge is 2.05. The van der Waals surface area contributed by atoms with Crippen LogP contribution in [0.5, 0.6) is 5.75 Å². The predicted octanol–water partition coefficient (Wildman–Crippen LogP) is 2.35. The zero-order valence-corrected chi connectivity index (χ0v) is 17.2. The third kappa shape index (κ3) is 9.56. The fraction of sp³-hybridized carbons (Fsp3) is 0.579. The Morgan fingerprint density at radius 1 is 1.27 bits per heavy atom. The normalized spacial score (nSPS) is 11.2. The van der Waals surface area contributed by atoms with Gasteiger partial charge >= 0.3 is 0 Å². The maximum atomic E-state index is 11.6. The summed E-state index contributed by atoms with van der Waals surface area (Å²) >= 11 is 1.88. The first-order chi connectivity index (χ1) is 12.6. The molecule has 0 atom stereocenters. The van der Waals surface area contributed by atoms with E-state index in [1.807, 2.05) is 36.0 Å². The van der Waals surface area contributed by atoms with Crippen LogP contribution in [0.25, 0.3) is 0 Å². The first kappa shape index (κ1) is 22.2. The van der Waals surface area contributed by atoms with Crippen molar-refractivity contribution in [1.82, 2.24) is 15.5 Å². The number of carbonyl (C=O) groups is 1. The van der Waals surface area contributed by atoms with Gasteiger partial charge in [0.15, 0.2) is 12.6 Å². The van der Waals surface area contributed by atoms with Crippen LogP contribution < -0.4 is 15.4 Å². The first-order valence-electron chi connectivity index (χ1n) is 8.99. The van der Waals surface area contributed by atoms with Crippen molar-refractivity contribution in [2.75, 3.05) is 45.8 Å². The number of guanidine groups is 1. The molecule has 0 spiro atoms. The number of benzene rings is 1. The number of likely N-dealkylation sites (N-methyl/N-ethyl adjacent to an activating group) is 1. The molecule has 0 fully saturated rings. The highest BCUT2D eigenvalue weighted by atomic mass is 32.2. The Bertz CT molecular complexity index is 564. The summed E-state index contributed by atoms with van der Waals surface area (Å²) in [6.07, 6.45) is 4.47. The third-order valence-corrected chi connectivity index (χ3v) is 4.29. The van der Waals surface area contributed by atoms with E-state index in [4.69, 9.17) is 4.74 Å². The molecule has 146 valence electrons. The second kappa shape index (κ2) is 13.3. The standard InChI is InChI=1S/C19H32N4O2S/c1-5-20-19(21-11-6-7-12-26-4)22-14-16-9-8-10-17(13-16)25-15-18(24)23(2)3/h8-10,13H,5-7,11-12,14-15H2,1-4H3,(H2,20,21,22). The van der Waals surface area contributed by atoms with Gasteiger partial charge in [-0.05, 0) is 49.5 Å². The van der Waals surface area contributed by atoms with Gasteiger partial charge in [0.2, 0.25) is 0 Å². The van der Waals surface area contributed by atoms with Crippen LogP contribution in [0.4, 0.5) is 0 Å². The van der Waals surface area contributed by atoms with E-state index in [0.29, 0.717) is 12.3 Å². The Morgan fingerprint density at radius 3 is 2.77 bits per heavy atom. The zero-order chi connectivity index (χ0) is 19.2. The van der Waals surface area contributed by atoms with Crippen LogP contribution in [-0.4, -0.2) is 62.6 Å². The molecule has 7 heteroatoms. The summed E-state index contributed by atoms with van der Waals surface area (Å²) in [4.78, 5) is 17.8. The van der Waals surface area contributed by atoms with Crippen molar-refractivity contribution in [2.24, 2.45) is 4.99 Å². The van der Waals surface area contributed by atoms with E-state index in [1.54, 1.807) is 14.1 Å². The van der Waals surface area contributed by atoms with Crippen LogP contribution in [0.1, 0.15) is 25.3 Å². The molecular formula is C19H32N4O2S. The molecule has 0 aromatic heterocycles. The minimum Gasteiger partial charge on any atom is -0.484 e. The quantitative estimate of drug-likeness (QED) is 0.350. The topological polar surface area (TPSA) is 66.0 Å². The Balaban J connectivity index is 2.54. The van der Waals surface area contributed by atoms with Crippen molar-refractivity contribution in [3.63, 3.8) is 0 Å². The number of unbranched alkanes of at least 4 members (excludes halogenated alkanes) is 1. The molecule has 1 aromatic carbocycles. The van der Waals surface area contributed by atoms with E-state index in [1.165, 1.54) is 17.1 Å². The number of nitrogens with one attached hydrogen (secondary N) is 2. The maximum absolute atomic E-state index is 11.6. The molecule has 0 heterocycles. The number of rotatable bonds is 11. The highest BCUT2D eigenvalue weighted by Crippen LogP contribution is 2.14. The molecule has 0 aliphatic rings. The second-order valence-corrected chi connectivity index (χ2v) is 7.03. The van der Waals surface area contributed by atoms with Crippen LogP contribution in [-0.2, 0) is 11.3 Å². The summed E-state index contributed by atoms with van der Waals surface area (Å²) in [5.74, 6) is 2.64. The summed E-state index contributed by atoms with van der Waals surface area (Å²) in [5.41, 5.74) is 1.04. The predicted molar refractivity (Wildman–Crippen MR) is 111 cm³/mol. The molecule has 0 bridgehead atoms. The number of hydrogen-bond acceptors (Lipinski definition) is 4. The van der Waals surface area contributed by atoms with E-state index in [0.717, 1.165) is 31.0 Å². The van der Waals surface area contributed by atoms with Gasteiger partial charge in [-0.25, -0.2) is 4.99 Å². The van der Waals surface area contributed by atoms with Gasteiger partial charge < -0.3 is 20.3 Å². The van der Waals surface area contributed by atoms with Crippen LogP contribution in [0.2, 0.25) is 0 Å². The Hall–Kier alpha value is -1.89. The van der Waals surface area contributed by atoms with Crippen LogP contribution >= 0.6 is 11.8 Å². The van der Waals surface area contributed by atoms with Crippen LogP contribution in [0, 0.1) is 0 Å². The lowest BCUT2D eigenvalue weighted by Crippen LogP contribution is -2.37. The summed E-state index contributed by atoms with van der Waals surface area (Å²) in [7, 11) is 3.43. The van der Waals surface area contributed by atoms with Gasteiger partial charge in [0.05, 0.1) is 6.54 Å². The van der Waals surface area contributed by atoms with Crippen LogP contribution in [0.3, 0.4) is 0 Å². The number of nitrogens with zero attached hydrogens (tertiary/aromatic N) is 2. The number of hydrogen-bond donors (Lipinski definition) is 2. The number of amides is 1. The van der Waals surface area contributed by atoms with Gasteiger partial charge in [0.25, 0.3) is 5.91 Å². The van der Waals surface area contributed by atoms with E-state index in [9.17, 15) is 4.79 Å². The average molecular weight is 381 g/mol. The molecular weight excluding hydrogens is 348 g/mol. The molecule has 0 saturated heterocycles. The Morgan fingerprint density at radius 2 is 2.08 bits per heavy atom. The lowest BCUT2D eigenvalue weighted by atomic mass is 10.2. The molecule has 26 heavy (non-hydrogen) atoms. The number of ether oxygens (including phenoxy) is 1. The third-order valence-electron chi connectivity index (χ3n) is 3.59. The van der Waals surface area contributed by atoms with Gasteiger partial charge in [-0.2, -0.15) is 11.8 Å². The number of thioether (sulfide) groups is 1. The lowest BCUT2D eigenvalue weighted by molar-refractivity contribution is -0.130. The van der Waals surface area contributed by atoms with Crippen molar-refractivity contribution in [2.45, 2.75) is 26.3 Å². The number of aliphatic imine (C=N–C) groups is 1. The maximum Gasteiger partial charge on any atom is 0.259 e. The van der Waals surface area contributed by atoms with E-state index >= 15 is 0 Å². The van der Waals surface area contributed by atoms with Gasteiger partial charge in [-0.15, -0.1) is 0 Å². The molecule has 0 unspecified atom stereocenters. The molecule has 1 amide bonds. The lowest BCUT2D eigenvalue weighted by Gasteiger charge is -2.12. The first-order valence-corrected chi connectivity index (χ1v) is 10.4. The summed E-state index contributed by atoms with van der Waals surface area (Å²) < 4.78 is 5.55. The minimum absolute atomic E-state index is 0.0416. The van der Waals surface area contributed by atoms with Gasteiger partial charge in [0.1, 0.15) is 5.75 Å².